The summed E-state index contributed by atoms with van der Waals surface area (Å²) in [6.45, 7) is 0.778. The molecule has 0 saturated heterocycles. The van der Waals surface area contributed by atoms with E-state index in [4.69, 9.17) is 0 Å². The average molecular weight is 188 g/mol. The highest BCUT2D eigenvalue weighted by Gasteiger charge is 1.86. The van der Waals surface area contributed by atoms with Crippen molar-refractivity contribution in [3.8, 4) is 0 Å². The lowest BCUT2D eigenvalue weighted by molar-refractivity contribution is 0.174. The number of oxime groups is 1. The molecule has 0 radical (unpaired) electrons. The highest BCUT2D eigenvalue weighted by Crippen LogP contribution is 2.01. The van der Waals surface area contributed by atoms with Crippen molar-refractivity contribution >= 4 is 11.7 Å². The van der Waals surface area contributed by atoms with Gasteiger partial charge in [0.15, 0.2) is 0 Å². The van der Waals surface area contributed by atoms with Crippen molar-refractivity contribution in [1.82, 2.24) is 4.40 Å². The molecule has 0 fully saturated rings. The Morgan fingerprint density at radius 1 is 1.14 bits per heavy atom. The van der Waals surface area contributed by atoms with Gasteiger partial charge in [0.25, 0.3) is 0 Å². The van der Waals surface area contributed by atoms with Crippen LogP contribution in [0.1, 0.15) is 6.42 Å². The molecule has 2 aromatic heterocycles. The highest BCUT2D eigenvalue weighted by molar-refractivity contribution is 5.57. The summed E-state index contributed by atoms with van der Waals surface area (Å²) >= 11 is 0. The van der Waals surface area contributed by atoms with Crippen molar-refractivity contribution in [3.05, 3.63) is 42.7 Å². The smallest absolute Gasteiger partial charge is 0.122 e. The molecule has 0 bridgehead atoms. The summed E-state index contributed by atoms with van der Waals surface area (Å²) in [5.41, 5.74) is 1.25. The predicted molar refractivity (Wildman–Crippen MR) is 56.5 cm³/mol. The van der Waals surface area contributed by atoms with Crippen LogP contribution < -0.4 is 0 Å². The Kier molecular flexibility index (Phi) is 2.81. The molecule has 0 aromatic carbocycles. The lowest BCUT2D eigenvalue weighted by Crippen LogP contribution is -1.75. The van der Waals surface area contributed by atoms with Crippen LogP contribution in [-0.2, 0) is 4.84 Å². The van der Waals surface area contributed by atoms with Crippen LogP contribution in [0.25, 0.3) is 5.52 Å². The van der Waals surface area contributed by atoms with Crippen molar-refractivity contribution in [2.45, 2.75) is 6.42 Å². The van der Waals surface area contributed by atoms with E-state index in [0.717, 1.165) is 13.0 Å². The third kappa shape index (κ3) is 2.13. The number of pyridine rings is 1. The Morgan fingerprint density at radius 3 is 2.64 bits per heavy atom. The Labute approximate surface area is 82.6 Å². The molecule has 0 atom stereocenters. The van der Waals surface area contributed by atoms with Gasteiger partial charge in [0.2, 0.25) is 0 Å². The first-order valence-corrected chi connectivity index (χ1v) is 4.62. The van der Waals surface area contributed by atoms with E-state index >= 15 is 0 Å². The van der Waals surface area contributed by atoms with Crippen molar-refractivity contribution < 1.29 is 4.84 Å². The van der Waals surface area contributed by atoms with Gasteiger partial charge in [-0.25, -0.2) is 0 Å². The Bertz CT molecular complexity index is 384. The van der Waals surface area contributed by atoms with Crippen molar-refractivity contribution in [2.24, 2.45) is 5.16 Å². The molecule has 3 heterocycles. The lowest BCUT2D eigenvalue weighted by atomic mass is 10.4. The fraction of sp³-hybridized carbons (Fsp3) is 0.182. The third-order valence-corrected chi connectivity index (χ3v) is 1.92. The quantitative estimate of drug-likeness (QED) is 0.623. The van der Waals surface area contributed by atoms with Crippen molar-refractivity contribution in [1.29, 1.82) is 0 Å². The summed E-state index contributed by atoms with van der Waals surface area (Å²) in [7, 11) is 0. The monoisotopic (exact) mass is 188 g/mol. The van der Waals surface area contributed by atoms with Gasteiger partial charge in [0, 0.05) is 30.5 Å². The van der Waals surface area contributed by atoms with Gasteiger partial charge < -0.3 is 9.24 Å². The van der Waals surface area contributed by atoms with Crippen LogP contribution in [0.4, 0.5) is 0 Å². The third-order valence-electron chi connectivity index (χ3n) is 1.92. The van der Waals surface area contributed by atoms with E-state index in [-0.39, 0.29) is 0 Å². The summed E-state index contributed by atoms with van der Waals surface area (Å²) in [5, 5.41) is 3.46. The minimum atomic E-state index is 0.778. The zero-order chi connectivity index (χ0) is 9.64. The van der Waals surface area contributed by atoms with E-state index in [0.29, 0.717) is 0 Å². The number of aromatic nitrogens is 1. The fourth-order valence-corrected chi connectivity index (χ4v) is 1.24. The van der Waals surface area contributed by atoms with Crippen LogP contribution in [0.3, 0.4) is 0 Å². The molecule has 2 aromatic rings. The van der Waals surface area contributed by atoms with Crippen LogP contribution in [0.2, 0.25) is 0 Å². The molecular weight excluding hydrogens is 176 g/mol. The van der Waals surface area contributed by atoms with Crippen molar-refractivity contribution in [2.75, 3.05) is 6.61 Å². The minimum Gasteiger partial charge on any atom is -0.396 e. The Morgan fingerprint density at radius 2 is 2.00 bits per heavy atom. The maximum atomic E-state index is 4.51. The molecule has 14 heavy (non-hydrogen) atoms. The minimum absolute atomic E-state index is 0.778. The number of hydrogen-bond acceptors (Lipinski definition) is 2. The average Bonchev–Trinajstić information content (AvgIpc) is 2.92. The van der Waals surface area contributed by atoms with E-state index in [1.807, 2.05) is 30.6 Å². The molecule has 1 aliphatic heterocycles. The lowest BCUT2D eigenvalue weighted by Gasteiger charge is -1.88. The van der Waals surface area contributed by atoms with E-state index in [1.54, 1.807) is 6.21 Å². The van der Waals surface area contributed by atoms with E-state index in [2.05, 4.69) is 26.5 Å². The second-order valence-corrected chi connectivity index (χ2v) is 2.95. The zero-order valence-corrected chi connectivity index (χ0v) is 7.84. The number of fused-ring (bicyclic) bond motifs is 1. The first-order valence-electron chi connectivity index (χ1n) is 4.62. The molecule has 3 nitrogen and oxygen atoms in total. The van der Waals surface area contributed by atoms with E-state index in [1.165, 1.54) is 5.52 Å². The van der Waals surface area contributed by atoms with E-state index < -0.39 is 0 Å². The highest BCUT2D eigenvalue weighted by atomic mass is 16.6. The number of hydrogen-bond donors (Lipinski definition) is 0. The van der Waals surface area contributed by atoms with Gasteiger partial charge in [-0.05, 0) is 24.3 Å². The molecule has 72 valence electrons. The first-order chi connectivity index (χ1) is 6.97. The summed E-state index contributed by atoms with van der Waals surface area (Å²) in [6.07, 6.45) is 6.82. The summed E-state index contributed by atoms with van der Waals surface area (Å²) in [4.78, 5) is 4.51. The Hall–Kier alpha value is -1.77. The summed E-state index contributed by atoms with van der Waals surface area (Å²) in [6, 6.07) is 10.3. The van der Waals surface area contributed by atoms with Crippen molar-refractivity contribution in [3.63, 3.8) is 0 Å². The normalized spacial score (nSPS) is 13.4. The van der Waals surface area contributed by atoms with Crippen LogP contribution >= 0.6 is 0 Å². The van der Waals surface area contributed by atoms with Crippen LogP contribution in [0.5, 0.6) is 0 Å². The second kappa shape index (κ2) is 4.46. The predicted octanol–water partition coefficient (Wildman–Crippen LogP) is 2.33. The molecule has 0 saturated carbocycles. The maximum Gasteiger partial charge on any atom is 0.122 e. The SMILES string of the molecule is C1=NOCC1.c1ccn2cccc2c1. The van der Waals surface area contributed by atoms with Gasteiger partial charge in [0.05, 0.1) is 0 Å². The largest absolute Gasteiger partial charge is 0.396 e. The van der Waals surface area contributed by atoms with E-state index in [9.17, 15) is 0 Å². The molecular formula is C11H12N2O. The number of rotatable bonds is 0. The van der Waals surface area contributed by atoms with Gasteiger partial charge in [-0.1, -0.05) is 11.2 Å². The number of nitrogens with zero attached hydrogens (tertiary/aromatic N) is 2. The van der Waals surface area contributed by atoms with Gasteiger partial charge in [0.1, 0.15) is 6.61 Å². The fourth-order valence-electron chi connectivity index (χ4n) is 1.24. The molecule has 3 heteroatoms. The van der Waals surface area contributed by atoms with Gasteiger partial charge in [-0.3, -0.25) is 0 Å². The zero-order valence-electron chi connectivity index (χ0n) is 7.84. The maximum absolute atomic E-state index is 4.51. The molecule has 3 rings (SSSR count). The first kappa shape index (κ1) is 8.81. The summed E-state index contributed by atoms with van der Waals surface area (Å²) < 4.78 is 2.08. The summed E-state index contributed by atoms with van der Waals surface area (Å²) in [5.74, 6) is 0. The molecule has 1 aliphatic rings. The molecule has 0 amide bonds. The second-order valence-electron chi connectivity index (χ2n) is 2.95. The molecule has 0 aliphatic carbocycles. The van der Waals surface area contributed by atoms with Gasteiger partial charge >= 0.3 is 0 Å². The van der Waals surface area contributed by atoms with Crippen LogP contribution in [0, 0.1) is 0 Å². The molecule has 0 N–H and O–H groups in total. The van der Waals surface area contributed by atoms with Gasteiger partial charge in [-0.2, -0.15) is 0 Å². The van der Waals surface area contributed by atoms with Crippen LogP contribution in [-0.4, -0.2) is 17.2 Å². The molecule has 0 spiro atoms. The topological polar surface area (TPSA) is 26.0 Å². The van der Waals surface area contributed by atoms with Crippen LogP contribution in [0.15, 0.2) is 47.9 Å². The van der Waals surface area contributed by atoms with Gasteiger partial charge in [-0.15, -0.1) is 0 Å². The standard InChI is InChI=1S/C8H7N.C3H5NO/c1-2-6-9-7-3-5-8(9)4-1;1-2-4-5-3-1/h1-7H;2H,1,3H2. The molecule has 0 unspecified atom stereocenters. The Balaban J connectivity index is 0.000000128.